The van der Waals surface area contributed by atoms with Crippen molar-refractivity contribution in [2.24, 2.45) is 17.8 Å². The Kier molecular flexibility index (Phi) is 2.91. The van der Waals surface area contributed by atoms with E-state index in [4.69, 9.17) is 4.52 Å². The molecule has 0 saturated heterocycles. The molecule has 4 nitrogen and oxygen atoms in total. The molecule has 5 rings (SSSR count). The molecule has 0 radical (unpaired) electrons. The predicted octanol–water partition coefficient (Wildman–Crippen LogP) is 3.29. The van der Waals surface area contributed by atoms with Crippen LogP contribution in [-0.4, -0.2) is 16.6 Å². The Bertz CT molecular complexity index is 531. The zero-order valence-electron chi connectivity index (χ0n) is 11.6. The highest BCUT2D eigenvalue weighted by Gasteiger charge is 2.51. The van der Waals surface area contributed by atoms with Crippen LogP contribution in [0.4, 0.5) is 0 Å². The van der Waals surface area contributed by atoms with Crippen molar-refractivity contribution in [1.82, 2.24) is 10.5 Å². The Morgan fingerprint density at radius 3 is 2.25 bits per heavy atom. The topological polar surface area (TPSA) is 55.1 Å². The molecular weight excluding hydrogens is 367 g/mol. The third-order valence-electron chi connectivity index (χ3n) is 5.41. The molecule has 0 spiro atoms. The predicted molar refractivity (Wildman–Crippen MR) is 82.3 cm³/mol. The minimum atomic E-state index is -0.0723. The number of halogens is 1. The van der Waals surface area contributed by atoms with Crippen LogP contribution in [0.25, 0.3) is 0 Å². The molecule has 1 amide bonds. The minimum absolute atomic E-state index is 0.0373. The van der Waals surface area contributed by atoms with Crippen molar-refractivity contribution in [2.45, 2.75) is 51.0 Å². The van der Waals surface area contributed by atoms with E-state index in [2.05, 4.69) is 33.1 Å². The number of aromatic nitrogens is 1. The molecule has 4 saturated carbocycles. The van der Waals surface area contributed by atoms with Gasteiger partial charge in [0.25, 0.3) is 5.91 Å². The van der Waals surface area contributed by atoms with Gasteiger partial charge in [-0.1, -0.05) is 5.16 Å². The van der Waals surface area contributed by atoms with E-state index in [1.807, 2.05) is 6.92 Å². The number of amides is 1. The molecule has 0 unspecified atom stereocenters. The Morgan fingerprint density at radius 1 is 1.25 bits per heavy atom. The van der Waals surface area contributed by atoms with Crippen LogP contribution >= 0.6 is 22.6 Å². The summed E-state index contributed by atoms with van der Waals surface area (Å²) in [5.41, 5.74) is 0.830. The summed E-state index contributed by atoms with van der Waals surface area (Å²) in [6, 6.07) is 0. The summed E-state index contributed by atoms with van der Waals surface area (Å²) in [5.74, 6) is 2.81. The van der Waals surface area contributed by atoms with Gasteiger partial charge < -0.3 is 9.84 Å². The van der Waals surface area contributed by atoms with E-state index in [1.165, 1.54) is 19.3 Å². The van der Waals surface area contributed by atoms with Crippen LogP contribution in [0.3, 0.4) is 0 Å². The molecule has 1 aromatic heterocycles. The fourth-order valence-corrected chi connectivity index (χ4v) is 5.50. The van der Waals surface area contributed by atoms with E-state index >= 15 is 0 Å². The number of hydrogen-bond donors (Lipinski definition) is 1. The second-order valence-electron chi connectivity index (χ2n) is 7.06. The second-order valence-corrected chi connectivity index (χ2v) is 8.14. The van der Waals surface area contributed by atoms with E-state index in [9.17, 15) is 4.79 Å². The number of nitrogens with zero attached hydrogens (tertiary/aromatic N) is 1. The molecule has 4 aliphatic carbocycles. The number of carbonyl (C=O) groups excluding carboxylic acids is 1. The minimum Gasteiger partial charge on any atom is -0.350 e. The maximum atomic E-state index is 12.5. The average Bonchev–Trinajstić information content (AvgIpc) is 2.67. The zero-order chi connectivity index (χ0) is 13.9. The molecular formula is C15H19IN2O2. The molecule has 4 aliphatic rings. The Morgan fingerprint density at radius 2 is 1.80 bits per heavy atom. The Hall–Kier alpha value is -0.590. The molecule has 1 heterocycles. The lowest BCUT2D eigenvalue weighted by molar-refractivity contribution is -0.0172. The van der Waals surface area contributed by atoms with E-state index in [0.717, 1.165) is 46.3 Å². The second kappa shape index (κ2) is 4.45. The quantitative estimate of drug-likeness (QED) is 0.794. The molecule has 108 valence electrons. The van der Waals surface area contributed by atoms with Crippen molar-refractivity contribution < 1.29 is 9.32 Å². The van der Waals surface area contributed by atoms with Gasteiger partial charge in [-0.2, -0.15) is 0 Å². The van der Waals surface area contributed by atoms with Gasteiger partial charge >= 0.3 is 0 Å². The lowest BCUT2D eigenvalue weighted by Gasteiger charge is -2.56. The molecule has 0 aliphatic heterocycles. The van der Waals surface area contributed by atoms with Crippen LogP contribution < -0.4 is 5.32 Å². The van der Waals surface area contributed by atoms with Crippen molar-refractivity contribution in [2.75, 3.05) is 0 Å². The highest BCUT2D eigenvalue weighted by molar-refractivity contribution is 14.1. The number of nitrogens with one attached hydrogen (secondary N) is 1. The normalized spacial score (nSPS) is 38.2. The molecule has 0 atom stereocenters. The summed E-state index contributed by atoms with van der Waals surface area (Å²) in [4.78, 5) is 12.5. The van der Waals surface area contributed by atoms with Crippen LogP contribution in [0, 0.1) is 28.2 Å². The summed E-state index contributed by atoms with van der Waals surface area (Å²) >= 11 is 2.14. The van der Waals surface area contributed by atoms with Crippen molar-refractivity contribution in [3.05, 3.63) is 15.0 Å². The smallest absolute Gasteiger partial charge is 0.291 e. The van der Waals surface area contributed by atoms with Gasteiger partial charge in [-0.3, -0.25) is 4.79 Å². The molecule has 1 aromatic rings. The first-order valence-corrected chi connectivity index (χ1v) is 8.57. The summed E-state index contributed by atoms with van der Waals surface area (Å²) < 4.78 is 6.04. The third kappa shape index (κ3) is 2.00. The highest BCUT2D eigenvalue weighted by atomic mass is 127. The van der Waals surface area contributed by atoms with E-state index in [-0.39, 0.29) is 11.4 Å². The van der Waals surface area contributed by atoms with Crippen molar-refractivity contribution in [1.29, 1.82) is 0 Å². The first-order valence-electron chi connectivity index (χ1n) is 7.49. The van der Waals surface area contributed by atoms with E-state index in [1.54, 1.807) is 0 Å². The Labute approximate surface area is 132 Å². The summed E-state index contributed by atoms with van der Waals surface area (Å²) in [7, 11) is 0. The van der Waals surface area contributed by atoms with Crippen LogP contribution in [-0.2, 0) is 0 Å². The molecule has 5 heteroatoms. The van der Waals surface area contributed by atoms with Gasteiger partial charge in [0.2, 0.25) is 5.76 Å². The first-order chi connectivity index (χ1) is 9.55. The first kappa shape index (κ1) is 13.1. The van der Waals surface area contributed by atoms with Crippen LogP contribution in [0.15, 0.2) is 4.52 Å². The lowest BCUT2D eigenvalue weighted by atomic mass is 9.53. The van der Waals surface area contributed by atoms with E-state index < -0.39 is 0 Å². The molecule has 1 N–H and O–H groups in total. The van der Waals surface area contributed by atoms with Crippen molar-refractivity contribution in [3.8, 4) is 0 Å². The van der Waals surface area contributed by atoms with Crippen LogP contribution in [0.1, 0.15) is 54.8 Å². The molecule has 4 fully saturated rings. The zero-order valence-corrected chi connectivity index (χ0v) is 13.8. The van der Waals surface area contributed by atoms with Gasteiger partial charge in [0.15, 0.2) is 0 Å². The van der Waals surface area contributed by atoms with Crippen molar-refractivity contribution >= 4 is 28.5 Å². The maximum Gasteiger partial charge on any atom is 0.291 e. The third-order valence-corrected chi connectivity index (χ3v) is 6.68. The largest absolute Gasteiger partial charge is 0.350 e. The number of aryl methyl sites for hydroxylation is 1. The lowest BCUT2D eigenvalue weighted by Crippen LogP contribution is -2.59. The Balaban J connectivity index is 1.57. The van der Waals surface area contributed by atoms with Gasteiger partial charge in [0.05, 0.1) is 9.26 Å². The standard InChI is InChI=1S/C15H19IN2O2/c1-8-12(16)13(20-18-8)14(19)17-15-5-9-2-10(6-15)4-11(3-9)7-15/h9-11H,2-7H2,1H3,(H,17,19). The molecule has 4 bridgehead atoms. The molecule has 20 heavy (non-hydrogen) atoms. The van der Waals surface area contributed by atoms with Crippen molar-refractivity contribution in [3.63, 3.8) is 0 Å². The van der Waals surface area contributed by atoms with Gasteiger partial charge in [-0.25, -0.2) is 0 Å². The highest BCUT2D eigenvalue weighted by Crippen LogP contribution is 2.55. The number of rotatable bonds is 2. The van der Waals surface area contributed by atoms with Gasteiger partial charge in [0.1, 0.15) is 0 Å². The summed E-state index contributed by atoms with van der Waals surface area (Å²) in [5, 5.41) is 7.21. The van der Waals surface area contributed by atoms with Crippen LogP contribution in [0.2, 0.25) is 0 Å². The van der Waals surface area contributed by atoms with Gasteiger partial charge in [-0.15, -0.1) is 0 Å². The fraction of sp³-hybridized carbons (Fsp3) is 0.733. The van der Waals surface area contributed by atoms with E-state index in [0.29, 0.717) is 5.76 Å². The number of carbonyl (C=O) groups is 1. The number of hydrogen-bond acceptors (Lipinski definition) is 3. The average molecular weight is 386 g/mol. The maximum absolute atomic E-state index is 12.5. The summed E-state index contributed by atoms with van der Waals surface area (Å²) in [6.45, 7) is 1.87. The van der Waals surface area contributed by atoms with Gasteiger partial charge in [-0.05, 0) is 85.8 Å². The monoisotopic (exact) mass is 386 g/mol. The van der Waals surface area contributed by atoms with Crippen LogP contribution in [0.5, 0.6) is 0 Å². The SMILES string of the molecule is Cc1noc(C(=O)NC23CC4CC(CC(C4)C2)C3)c1I. The fourth-order valence-electron chi connectivity index (χ4n) is 5.06. The molecule has 0 aromatic carbocycles. The summed E-state index contributed by atoms with van der Waals surface area (Å²) in [6.07, 6.45) is 7.63. The van der Waals surface area contributed by atoms with Gasteiger partial charge in [0, 0.05) is 5.54 Å².